The molecule has 1 heterocycles. The Morgan fingerprint density at radius 2 is 1.64 bits per heavy atom. The van der Waals surface area contributed by atoms with Gasteiger partial charge in [0.25, 0.3) is 0 Å². The molecule has 4 nitrogen and oxygen atoms in total. The second-order valence-corrected chi connectivity index (χ2v) is 6.42. The largest absolute Gasteiger partial charge is 0.460 e. The van der Waals surface area contributed by atoms with Crippen LogP contribution in [0.25, 0.3) is 0 Å². The molecule has 1 atom stereocenters. The number of likely N-dealkylation sites (tertiary alicyclic amines) is 1. The summed E-state index contributed by atoms with van der Waals surface area (Å²) in [5, 5.41) is 0. The van der Waals surface area contributed by atoms with Crippen LogP contribution in [0.1, 0.15) is 30.1 Å². The number of methoxy groups -OCH3 is 1. The summed E-state index contributed by atoms with van der Waals surface area (Å²) < 4.78 is 11.1. The van der Waals surface area contributed by atoms with Crippen LogP contribution < -0.4 is 0 Å². The van der Waals surface area contributed by atoms with Crippen LogP contribution in [0.3, 0.4) is 0 Å². The number of carbonyl (C=O) groups is 1. The van der Waals surface area contributed by atoms with Crippen molar-refractivity contribution < 1.29 is 14.3 Å². The van der Waals surface area contributed by atoms with Gasteiger partial charge in [-0.25, -0.2) is 4.79 Å². The maximum Gasteiger partial charge on any atom is 0.340 e. The number of hydrogen-bond acceptors (Lipinski definition) is 4. The first-order valence-corrected chi connectivity index (χ1v) is 8.81. The van der Waals surface area contributed by atoms with Crippen molar-refractivity contribution in [1.29, 1.82) is 0 Å². The fraction of sp³-hybridized carbons (Fsp3) is 0.381. The van der Waals surface area contributed by atoms with E-state index < -0.39 is 6.10 Å². The summed E-state index contributed by atoms with van der Waals surface area (Å²) >= 11 is 0. The van der Waals surface area contributed by atoms with E-state index in [0.29, 0.717) is 0 Å². The Morgan fingerprint density at radius 3 is 2.24 bits per heavy atom. The number of ether oxygens (including phenoxy) is 2. The van der Waals surface area contributed by atoms with Gasteiger partial charge in [0.15, 0.2) is 6.10 Å². The van der Waals surface area contributed by atoms with Gasteiger partial charge < -0.3 is 9.47 Å². The standard InChI is InChI=1S/C21H25NO3/c1-24-20(18-10-6-3-7-11-18)21(23)25-19-12-14-22(15-13-19)16-17-8-4-2-5-9-17/h2-11,19-20H,12-16H2,1H3. The van der Waals surface area contributed by atoms with Crippen LogP contribution in [0.15, 0.2) is 60.7 Å². The highest BCUT2D eigenvalue weighted by atomic mass is 16.6. The molecule has 1 saturated heterocycles. The van der Waals surface area contributed by atoms with Crippen LogP contribution in [0.2, 0.25) is 0 Å². The monoisotopic (exact) mass is 339 g/mol. The minimum Gasteiger partial charge on any atom is -0.460 e. The molecule has 0 amide bonds. The molecule has 2 aromatic carbocycles. The van der Waals surface area contributed by atoms with E-state index in [-0.39, 0.29) is 12.1 Å². The van der Waals surface area contributed by atoms with Crippen molar-refractivity contribution >= 4 is 5.97 Å². The second kappa shape index (κ2) is 8.79. The van der Waals surface area contributed by atoms with Gasteiger partial charge in [-0.3, -0.25) is 4.90 Å². The second-order valence-electron chi connectivity index (χ2n) is 6.42. The predicted molar refractivity (Wildman–Crippen MR) is 97.0 cm³/mol. The van der Waals surface area contributed by atoms with Crippen LogP contribution in [0, 0.1) is 0 Å². The Morgan fingerprint density at radius 1 is 1.04 bits per heavy atom. The van der Waals surface area contributed by atoms with Crippen molar-refractivity contribution in [2.75, 3.05) is 20.2 Å². The molecule has 2 aromatic rings. The fourth-order valence-corrected chi connectivity index (χ4v) is 3.25. The van der Waals surface area contributed by atoms with Crippen LogP contribution in [0.5, 0.6) is 0 Å². The molecule has 132 valence electrons. The predicted octanol–water partition coefficient (Wildman–Crippen LogP) is 3.58. The lowest BCUT2D eigenvalue weighted by molar-refractivity contribution is -0.163. The molecule has 0 radical (unpaired) electrons. The Kier molecular flexibility index (Phi) is 6.20. The topological polar surface area (TPSA) is 38.8 Å². The number of esters is 1. The summed E-state index contributed by atoms with van der Waals surface area (Å²) in [6.45, 7) is 2.83. The number of rotatable bonds is 6. The van der Waals surface area contributed by atoms with Gasteiger partial charge in [-0.05, 0) is 24.0 Å². The van der Waals surface area contributed by atoms with Crippen molar-refractivity contribution in [1.82, 2.24) is 4.90 Å². The highest BCUT2D eigenvalue weighted by Crippen LogP contribution is 2.22. The summed E-state index contributed by atoms with van der Waals surface area (Å²) in [7, 11) is 1.54. The molecule has 25 heavy (non-hydrogen) atoms. The molecule has 0 aliphatic carbocycles. The average molecular weight is 339 g/mol. The zero-order valence-corrected chi connectivity index (χ0v) is 14.6. The van der Waals surface area contributed by atoms with E-state index >= 15 is 0 Å². The Hall–Kier alpha value is -2.17. The molecule has 3 rings (SSSR count). The summed E-state index contributed by atoms with van der Waals surface area (Å²) in [5.74, 6) is -0.296. The van der Waals surface area contributed by atoms with Crippen molar-refractivity contribution in [2.45, 2.75) is 31.6 Å². The number of carbonyl (C=O) groups excluding carboxylic acids is 1. The molecule has 1 aliphatic rings. The maximum absolute atomic E-state index is 12.5. The van der Waals surface area contributed by atoms with Gasteiger partial charge in [-0.15, -0.1) is 0 Å². The molecule has 0 aromatic heterocycles. The zero-order chi connectivity index (χ0) is 17.5. The molecule has 0 bridgehead atoms. The normalized spacial score (nSPS) is 17.2. The lowest BCUT2D eigenvalue weighted by Crippen LogP contribution is -2.38. The van der Waals surface area contributed by atoms with E-state index in [2.05, 4.69) is 29.2 Å². The highest BCUT2D eigenvalue weighted by molar-refractivity contribution is 5.76. The minimum absolute atomic E-state index is 0.0270. The van der Waals surface area contributed by atoms with Gasteiger partial charge in [0.05, 0.1) is 0 Å². The van der Waals surface area contributed by atoms with Gasteiger partial charge in [-0.1, -0.05) is 60.7 Å². The third-order valence-electron chi connectivity index (χ3n) is 4.62. The molecule has 1 aliphatic heterocycles. The third-order valence-corrected chi connectivity index (χ3v) is 4.62. The van der Waals surface area contributed by atoms with Crippen LogP contribution in [-0.2, 0) is 20.8 Å². The first kappa shape index (κ1) is 17.6. The molecule has 1 fully saturated rings. The van der Waals surface area contributed by atoms with E-state index in [1.807, 2.05) is 36.4 Å². The molecular weight excluding hydrogens is 314 g/mol. The van der Waals surface area contributed by atoms with Crippen molar-refractivity contribution in [2.24, 2.45) is 0 Å². The smallest absolute Gasteiger partial charge is 0.340 e. The molecule has 1 unspecified atom stereocenters. The Balaban J connectivity index is 1.49. The Bertz CT molecular complexity index is 651. The Labute approximate surface area is 149 Å². The van der Waals surface area contributed by atoms with E-state index in [1.54, 1.807) is 7.11 Å². The van der Waals surface area contributed by atoms with E-state index in [0.717, 1.165) is 38.0 Å². The third kappa shape index (κ3) is 4.91. The number of nitrogens with zero attached hydrogens (tertiary/aromatic N) is 1. The quantitative estimate of drug-likeness (QED) is 0.754. The molecule has 4 heteroatoms. The van der Waals surface area contributed by atoms with E-state index in [9.17, 15) is 4.79 Å². The SMILES string of the molecule is COC(C(=O)OC1CCN(Cc2ccccc2)CC1)c1ccccc1. The van der Waals surface area contributed by atoms with Gasteiger partial charge in [-0.2, -0.15) is 0 Å². The van der Waals surface area contributed by atoms with E-state index in [4.69, 9.17) is 9.47 Å². The van der Waals surface area contributed by atoms with Gasteiger partial charge in [0.2, 0.25) is 0 Å². The maximum atomic E-state index is 12.5. The lowest BCUT2D eigenvalue weighted by Gasteiger charge is -2.32. The van der Waals surface area contributed by atoms with Crippen molar-refractivity contribution in [3.05, 3.63) is 71.8 Å². The first-order valence-electron chi connectivity index (χ1n) is 8.81. The molecule has 0 N–H and O–H groups in total. The first-order chi connectivity index (χ1) is 12.3. The molecular formula is C21H25NO3. The van der Waals surface area contributed by atoms with Crippen LogP contribution in [0.4, 0.5) is 0 Å². The van der Waals surface area contributed by atoms with Gasteiger partial charge >= 0.3 is 5.97 Å². The number of benzene rings is 2. The van der Waals surface area contributed by atoms with Gasteiger partial charge in [0, 0.05) is 26.7 Å². The van der Waals surface area contributed by atoms with Crippen molar-refractivity contribution in [3.8, 4) is 0 Å². The number of hydrogen-bond donors (Lipinski definition) is 0. The number of piperidine rings is 1. The van der Waals surface area contributed by atoms with Gasteiger partial charge in [0.1, 0.15) is 6.10 Å². The summed E-state index contributed by atoms with van der Waals surface area (Å²) in [5.41, 5.74) is 2.15. The van der Waals surface area contributed by atoms with E-state index in [1.165, 1.54) is 5.56 Å². The molecule has 0 spiro atoms. The van der Waals surface area contributed by atoms with Crippen LogP contribution in [-0.4, -0.2) is 37.2 Å². The average Bonchev–Trinajstić information content (AvgIpc) is 2.66. The zero-order valence-electron chi connectivity index (χ0n) is 14.6. The van der Waals surface area contributed by atoms with Crippen LogP contribution >= 0.6 is 0 Å². The fourth-order valence-electron chi connectivity index (χ4n) is 3.25. The highest BCUT2D eigenvalue weighted by Gasteiger charge is 2.27. The lowest BCUT2D eigenvalue weighted by atomic mass is 10.1. The summed E-state index contributed by atoms with van der Waals surface area (Å²) in [4.78, 5) is 14.9. The minimum atomic E-state index is -0.649. The molecule has 0 saturated carbocycles. The summed E-state index contributed by atoms with van der Waals surface area (Å²) in [6, 6.07) is 20.0. The summed E-state index contributed by atoms with van der Waals surface area (Å²) in [6.07, 6.45) is 1.05. The van der Waals surface area contributed by atoms with Crippen molar-refractivity contribution in [3.63, 3.8) is 0 Å².